The Kier molecular flexibility index (Phi) is 9.05. The summed E-state index contributed by atoms with van der Waals surface area (Å²) in [4.78, 5) is 39.1. The molecular formula is C29H28N2O6S. The number of amides is 3. The smallest absolute Gasteiger partial charge is 0.293 e. The van der Waals surface area contributed by atoms with Gasteiger partial charge in [0.25, 0.3) is 17.1 Å². The predicted octanol–water partition coefficient (Wildman–Crippen LogP) is 5.53. The van der Waals surface area contributed by atoms with E-state index in [-0.39, 0.29) is 36.8 Å². The van der Waals surface area contributed by atoms with Crippen molar-refractivity contribution in [2.75, 3.05) is 31.7 Å². The number of thioether (sulfide) groups is 1. The lowest BCUT2D eigenvalue weighted by Gasteiger charge is -2.13. The number of nitrogens with one attached hydrogen (secondary N) is 1. The van der Waals surface area contributed by atoms with E-state index in [4.69, 9.17) is 14.2 Å². The van der Waals surface area contributed by atoms with Crippen molar-refractivity contribution in [3.8, 4) is 17.2 Å². The minimum absolute atomic E-state index is 0.151. The van der Waals surface area contributed by atoms with Crippen molar-refractivity contribution in [1.82, 2.24) is 4.90 Å². The predicted molar refractivity (Wildman–Crippen MR) is 148 cm³/mol. The van der Waals surface area contributed by atoms with E-state index in [1.807, 2.05) is 68.4 Å². The summed E-state index contributed by atoms with van der Waals surface area (Å²) >= 11 is 0.880. The van der Waals surface area contributed by atoms with Gasteiger partial charge in [0.2, 0.25) is 0 Å². The Hall–Kier alpha value is -4.24. The molecule has 9 heteroatoms. The standard InChI is InChI=1S/C29H28N2O6S/c1-3-35-25-17-21(12-13-24(25)37-19-27(32)30-22-9-7-8-20(2)16-22)18-26-28(33)31(29(34)38-26)14-15-36-23-10-5-4-6-11-23/h4-13,16-18H,3,14-15,19H2,1-2H3,(H,30,32)/b26-18-. The van der Waals surface area contributed by atoms with Crippen LogP contribution >= 0.6 is 11.8 Å². The van der Waals surface area contributed by atoms with Crippen LogP contribution in [0.3, 0.4) is 0 Å². The molecule has 4 rings (SSSR count). The molecule has 1 aliphatic heterocycles. The zero-order valence-electron chi connectivity index (χ0n) is 21.1. The van der Waals surface area contributed by atoms with Gasteiger partial charge in [-0.05, 0) is 79.2 Å². The van der Waals surface area contributed by atoms with Crippen LogP contribution in [0.5, 0.6) is 17.2 Å². The lowest BCUT2D eigenvalue weighted by molar-refractivity contribution is -0.123. The van der Waals surface area contributed by atoms with Crippen molar-refractivity contribution in [2.45, 2.75) is 13.8 Å². The van der Waals surface area contributed by atoms with E-state index in [9.17, 15) is 14.4 Å². The lowest BCUT2D eigenvalue weighted by Crippen LogP contribution is -2.32. The Bertz CT molecular complexity index is 1340. The van der Waals surface area contributed by atoms with E-state index in [2.05, 4.69) is 5.32 Å². The third kappa shape index (κ3) is 7.17. The third-order valence-electron chi connectivity index (χ3n) is 5.43. The molecule has 0 saturated carbocycles. The quantitative estimate of drug-likeness (QED) is 0.325. The maximum Gasteiger partial charge on any atom is 0.293 e. The fraction of sp³-hybridized carbons (Fsp3) is 0.207. The minimum Gasteiger partial charge on any atom is -0.492 e. The molecule has 3 amide bonds. The molecule has 0 atom stereocenters. The first-order chi connectivity index (χ1) is 18.4. The van der Waals surface area contributed by atoms with Gasteiger partial charge in [-0.25, -0.2) is 0 Å². The van der Waals surface area contributed by atoms with Crippen molar-refractivity contribution in [2.24, 2.45) is 0 Å². The second-order valence-corrected chi connectivity index (χ2v) is 9.33. The maximum absolute atomic E-state index is 12.8. The number of ether oxygens (including phenoxy) is 3. The van der Waals surface area contributed by atoms with Crippen molar-refractivity contribution in [3.63, 3.8) is 0 Å². The van der Waals surface area contributed by atoms with Crippen LogP contribution in [-0.2, 0) is 9.59 Å². The molecule has 1 saturated heterocycles. The fourth-order valence-electron chi connectivity index (χ4n) is 3.68. The number of hydrogen-bond donors (Lipinski definition) is 1. The van der Waals surface area contributed by atoms with Gasteiger partial charge >= 0.3 is 0 Å². The molecule has 0 aromatic heterocycles. The summed E-state index contributed by atoms with van der Waals surface area (Å²) in [5.41, 5.74) is 2.40. The molecule has 0 spiro atoms. The van der Waals surface area contributed by atoms with Crippen LogP contribution in [0.25, 0.3) is 6.08 Å². The number of carbonyl (C=O) groups is 3. The Morgan fingerprint density at radius 3 is 2.53 bits per heavy atom. The topological polar surface area (TPSA) is 94.2 Å². The molecule has 0 bridgehead atoms. The number of para-hydroxylation sites is 1. The largest absolute Gasteiger partial charge is 0.492 e. The van der Waals surface area contributed by atoms with Crippen LogP contribution in [-0.4, -0.2) is 48.3 Å². The molecule has 38 heavy (non-hydrogen) atoms. The number of hydrogen-bond acceptors (Lipinski definition) is 7. The van der Waals surface area contributed by atoms with Gasteiger partial charge in [0.05, 0.1) is 18.1 Å². The highest BCUT2D eigenvalue weighted by Gasteiger charge is 2.34. The van der Waals surface area contributed by atoms with Crippen LogP contribution in [0.2, 0.25) is 0 Å². The van der Waals surface area contributed by atoms with Gasteiger partial charge in [0.1, 0.15) is 12.4 Å². The average Bonchev–Trinajstić information content (AvgIpc) is 3.16. The minimum atomic E-state index is -0.372. The molecule has 3 aromatic carbocycles. The monoisotopic (exact) mass is 532 g/mol. The van der Waals surface area contributed by atoms with E-state index in [0.29, 0.717) is 40.0 Å². The molecule has 3 aromatic rings. The van der Waals surface area contributed by atoms with Crippen molar-refractivity contribution >= 4 is 40.6 Å². The van der Waals surface area contributed by atoms with Gasteiger partial charge in [-0.15, -0.1) is 0 Å². The zero-order chi connectivity index (χ0) is 26.9. The van der Waals surface area contributed by atoms with Gasteiger partial charge in [0, 0.05) is 5.69 Å². The van der Waals surface area contributed by atoms with E-state index in [1.54, 1.807) is 24.3 Å². The van der Waals surface area contributed by atoms with Crippen LogP contribution < -0.4 is 19.5 Å². The number of rotatable bonds is 11. The van der Waals surface area contributed by atoms with E-state index in [1.165, 1.54) is 4.90 Å². The van der Waals surface area contributed by atoms with Crippen molar-refractivity contribution in [3.05, 3.63) is 88.8 Å². The summed E-state index contributed by atoms with van der Waals surface area (Å²) < 4.78 is 17.0. The zero-order valence-corrected chi connectivity index (χ0v) is 22.0. The Labute approximate surface area is 225 Å². The van der Waals surface area contributed by atoms with E-state index >= 15 is 0 Å². The summed E-state index contributed by atoms with van der Waals surface area (Å²) in [6, 6.07) is 21.8. The highest BCUT2D eigenvalue weighted by molar-refractivity contribution is 8.18. The highest BCUT2D eigenvalue weighted by atomic mass is 32.2. The molecular weight excluding hydrogens is 504 g/mol. The fourth-order valence-corrected chi connectivity index (χ4v) is 4.55. The highest BCUT2D eigenvalue weighted by Crippen LogP contribution is 2.34. The van der Waals surface area contributed by atoms with Crippen LogP contribution in [0.1, 0.15) is 18.1 Å². The number of carbonyl (C=O) groups excluding carboxylic acids is 3. The molecule has 0 aliphatic carbocycles. The van der Waals surface area contributed by atoms with Crippen molar-refractivity contribution in [1.29, 1.82) is 0 Å². The molecule has 1 fully saturated rings. The molecule has 8 nitrogen and oxygen atoms in total. The number of aryl methyl sites for hydroxylation is 1. The van der Waals surface area contributed by atoms with Gasteiger partial charge in [0.15, 0.2) is 18.1 Å². The number of anilines is 1. The Morgan fingerprint density at radius 1 is 0.947 bits per heavy atom. The second kappa shape index (κ2) is 12.8. The lowest BCUT2D eigenvalue weighted by atomic mass is 10.2. The summed E-state index contributed by atoms with van der Waals surface area (Å²) in [7, 11) is 0. The number of benzene rings is 3. The number of imide groups is 1. The van der Waals surface area contributed by atoms with Crippen LogP contribution in [0.15, 0.2) is 77.7 Å². The first-order valence-electron chi connectivity index (χ1n) is 12.1. The van der Waals surface area contributed by atoms with Crippen molar-refractivity contribution < 1.29 is 28.6 Å². The van der Waals surface area contributed by atoms with E-state index in [0.717, 1.165) is 17.3 Å². The average molecular weight is 533 g/mol. The summed E-state index contributed by atoms with van der Waals surface area (Å²) in [5, 5.41) is 2.46. The normalized spacial score (nSPS) is 14.1. The summed E-state index contributed by atoms with van der Waals surface area (Å²) in [6.07, 6.45) is 1.64. The van der Waals surface area contributed by atoms with Gasteiger partial charge < -0.3 is 19.5 Å². The maximum atomic E-state index is 12.8. The SMILES string of the molecule is CCOc1cc(/C=C2\SC(=O)N(CCOc3ccccc3)C2=O)ccc1OCC(=O)Nc1cccc(C)c1. The second-order valence-electron chi connectivity index (χ2n) is 8.34. The summed E-state index contributed by atoms with van der Waals surface area (Å²) in [5.74, 6) is 0.831. The number of nitrogens with zero attached hydrogens (tertiary/aromatic N) is 1. The molecule has 1 aliphatic rings. The first kappa shape index (κ1) is 26.8. The van der Waals surface area contributed by atoms with Gasteiger partial charge in [-0.3, -0.25) is 19.3 Å². The van der Waals surface area contributed by atoms with Gasteiger partial charge in [-0.2, -0.15) is 0 Å². The Morgan fingerprint density at radius 2 is 1.76 bits per heavy atom. The van der Waals surface area contributed by atoms with Gasteiger partial charge in [-0.1, -0.05) is 36.4 Å². The molecule has 1 N–H and O–H groups in total. The Balaban J connectivity index is 1.38. The van der Waals surface area contributed by atoms with E-state index < -0.39 is 0 Å². The first-order valence-corrected chi connectivity index (χ1v) is 12.9. The third-order valence-corrected chi connectivity index (χ3v) is 6.33. The molecule has 0 unspecified atom stereocenters. The molecule has 1 heterocycles. The van der Waals surface area contributed by atoms with Crippen LogP contribution in [0.4, 0.5) is 10.5 Å². The molecule has 196 valence electrons. The molecule has 0 radical (unpaired) electrons. The summed E-state index contributed by atoms with van der Waals surface area (Å²) in [6.45, 7) is 4.32. The van der Waals surface area contributed by atoms with Crippen LogP contribution in [0, 0.1) is 6.92 Å².